The fourth-order valence-electron chi connectivity index (χ4n) is 3.35. The summed E-state index contributed by atoms with van der Waals surface area (Å²) in [6.07, 6.45) is 2.16. The second kappa shape index (κ2) is 8.73. The van der Waals surface area contributed by atoms with E-state index in [0.29, 0.717) is 38.2 Å². The van der Waals surface area contributed by atoms with Gasteiger partial charge in [0.05, 0.1) is 24.5 Å². The minimum Gasteiger partial charge on any atom is -0.466 e. The minimum atomic E-state index is -3.63. The van der Waals surface area contributed by atoms with Crippen LogP contribution >= 0.6 is 0 Å². The maximum atomic E-state index is 12.9. The van der Waals surface area contributed by atoms with Gasteiger partial charge in [0.15, 0.2) is 0 Å². The summed E-state index contributed by atoms with van der Waals surface area (Å²) in [6, 6.07) is 6.17. The van der Waals surface area contributed by atoms with E-state index < -0.39 is 16.1 Å². The van der Waals surface area contributed by atoms with Crippen molar-refractivity contribution in [3.05, 3.63) is 29.8 Å². The summed E-state index contributed by atoms with van der Waals surface area (Å²) in [6.45, 7) is 6.45. The van der Waals surface area contributed by atoms with Crippen molar-refractivity contribution < 1.29 is 22.7 Å². The Bertz CT molecular complexity index is 768. The Morgan fingerprint density at radius 3 is 2.26 bits per heavy atom. The molecule has 150 valence electrons. The first-order valence-electron chi connectivity index (χ1n) is 9.16. The summed E-state index contributed by atoms with van der Waals surface area (Å²) in [7, 11) is -3.63. The number of sulfonamides is 1. The van der Waals surface area contributed by atoms with E-state index in [0.717, 1.165) is 16.1 Å². The van der Waals surface area contributed by atoms with Gasteiger partial charge in [-0.15, -0.1) is 0 Å². The van der Waals surface area contributed by atoms with Crippen molar-refractivity contribution >= 4 is 27.6 Å². The van der Waals surface area contributed by atoms with Crippen molar-refractivity contribution in [3.63, 3.8) is 0 Å². The van der Waals surface area contributed by atoms with Crippen molar-refractivity contribution in [1.29, 1.82) is 0 Å². The van der Waals surface area contributed by atoms with Crippen molar-refractivity contribution in [1.82, 2.24) is 4.90 Å². The first-order chi connectivity index (χ1) is 12.6. The third-order valence-corrected chi connectivity index (χ3v) is 6.02. The SMILES string of the molecule is CCOC(=O)C1CCN(C(=O)[C@@H](C)N(c2ccc(C)cc2)S(C)(=O)=O)CC1. The van der Waals surface area contributed by atoms with Crippen LogP contribution in [0.3, 0.4) is 0 Å². The Morgan fingerprint density at radius 1 is 1.22 bits per heavy atom. The number of esters is 1. The number of aryl methyl sites for hydroxylation is 1. The maximum Gasteiger partial charge on any atom is 0.309 e. The van der Waals surface area contributed by atoms with E-state index in [1.807, 2.05) is 19.1 Å². The van der Waals surface area contributed by atoms with Crippen LogP contribution in [0.5, 0.6) is 0 Å². The number of anilines is 1. The largest absolute Gasteiger partial charge is 0.466 e. The zero-order valence-corrected chi connectivity index (χ0v) is 17.2. The fraction of sp³-hybridized carbons (Fsp3) is 0.579. The van der Waals surface area contributed by atoms with E-state index in [1.54, 1.807) is 30.9 Å². The van der Waals surface area contributed by atoms with Crippen molar-refractivity contribution in [3.8, 4) is 0 Å². The summed E-state index contributed by atoms with van der Waals surface area (Å²) in [4.78, 5) is 26.4. The number of rotatable bonds is 6. The van der Waals surface area contributed by atoms with Crippen molar-refractivity contribution in [2.45, 2.75) is 39.7 Å². The molecule has 0 radical (unpaired) electrons. The van der Waals surface area contributed by atoms with Crippen molar-refractivity contribution in [2.75, 3.05) is 30.3 Å². The number of carbonyl (C=O) groups is 2. The van der Waals surface area contributed by atoms with Crippen LogP contribution in [0.1, 0.15) is 32.3 Å². The molecule has 0 aromatic heterocycles. The molecule has 1 aliphatic rings. The molecule has 1 aromatic carbocycles. The monoisotopic (exact) mass is 396 g/mol. The molecular formula is C19H28N2O5S. The molecule has 8 heteroatoms. The summed E-state index contributed by atoms with van der Waals surface area (Å²) in [5, 5.41) is 0. The van der Waals surface area contributed by atoms with Gasteiger partial charge in [0.1, 0.15) is 6.04 Å². The summed E-state index contributed by atoms with van der Waals surface area (Å²) in [5.41, 5.74) is 1.47. The second-order valence-electron chi connectivity index (χ2n) is 6.92. The Kier molecular flexibility index (Phi) is 6.86. The van der Waals surface area contributed by atoms with E-state index in [1.165, 1.54) is 0 Å². The smallest absolute Gasteiger partial charge is 0.309 e. The molecule has 0 spiro atoms. The van der Waals surface area contributed by atoms with E-state index in [-0.39, 0.29) is 17.8 Å². The summed E-state index contributed by atoms with van der Waals surface area (Å²) >= 11 is 0. The molecule has 7 nitrogen and oxygen atoms in total. The standard InChI is InChI=1S/C19H28N2O5S/c1-5-26-19(23)16-10-12-20(13-11-16)18(22)15(3)21(27(4,24)25)17-8-6-14(2)7-9-17/h6-9,15-16H,5,10-13H2,1-4H3/t15-/m1/s1. The predicted octanol–water partition coefficient (Wildman–Crippen LogP) is 1.95. The Hall–Kier alpha value is -2.09. The molecular weight excluding hydrogens is 368 g/mol. The van der Waals surface area contributed by atoms with E-state index in [9.17, 15) is 18.0 Å². The molecule has 1 aliphatic heterocycles. The van der Waals surface area contributed by atoms with Crippen LogP contribution in [-0.4, -0.2) is 57.2 Å². The molecule has 0 bridgehead atoms. The first-order valence-corrected chi connectivity index (χ1v) is 11.0. The lowest BCUT2D eigenvalue weighted by Crippen LogP contribution is -2.51. The molecule has 0 aliphatic carbocycles. The number of carbonyl (C=O) groups excluding carboxylic acids is 2. The highest BCUT2D eigenvalue weighted by Crippen LogP contribution is 2.24. The highest BCUT2D eigenvalue weighted by molar-refractivity contribution is 7.92. The molecule has 1 atom stereocenters. The number of hydrogen-bond donors (Lipinski definition) is 0. The van der Waals surface area contributed by atoms with Crippen LogP contribution in [0.2, 0.25) is 0 Å². The molecule has 0 saturated carbocycles. The normalized spacial score (nSPS) is 16.7. The van der Waals surface area contributed by atoms with Gasteiger partial charge < -0.3 is 9.64 Å². The molecule has 1 amide bonds. The van der Waals surface area contributed by atoms with Crippen molar-refractivity contribution in [2.24, 2.45) is 5.92 Å². The Labute approximate surface area is 161 Å². The average molecular weight is 397 g/mol. The van der Waals surface area contributed by atoms with Gasteiger partial charge in [0.2, 0.25) is 15.9 Å². The average Bonchev–Trinajstić information content (AvgIpc) is 2.62. The summed E-state index contributed by atoms with van der Waals surface area (Å²) in [5.74, 6) is -0.689. The van der Waals surface area contributed by atoms with Crippen LogP contribution in [0.25, 0.3) is 0 Å². The van der Waals surface area contributed by atoms with Crippen LogP contribution in [-0.2, 0) is 24.3 Å². The number of amides is 1. The second-order valence-corrected chi connectivity index (χ2v) is 8.78. The maximum absolute atomic E-state index is 12.9. The summed E-state index contributed by atoms with van der Waals surface area (Å²) < 4.78 is 30.9. The van der Waals surface area contributed by atoms with Gasteiger partial charge in [-0.2, -0.15) is 0 Å². The molecule has 0 unspecified atom stereocenters. The fourth-order valence-corrected chi connectivity index (χ4v) is 4.52. The first kappa shape index (κ1) is 21.2. The zero-order chi connectivity index (χ0) is 20.2. The third-order valence-electron chi connectivity index (χ3n) is 4.78. The lowest BCUT2D eigenvalue weighted by Gasteiger charge is -2.36. The lowest BCUT2D eigenvalue weighted by molar-refractivity contribution is -0.151. The highest BCUT2D eigenvalue weighted by Gasteiger charge is 2.35. The molecule has 0 N–H and O–H groups in total. The van der Waals surface area contributed by atoms with E-state index in [2.05, 4.69) is 0 Å². The van der Waals surface area contributed by atoms with E-state index in [4.69, 9.17) is 4.74 Å². The number of hydrogen-bond acceptors (Lipinski definition) is 5. The minimum absolute atomic E-state index is 0.201. The van der Waals surface area contributed by atoms with Crippen LogP contribution in [0, 0.1) is 12.8 Å². The number of benzene rings is 1. The molecule has 1 fully saturated rings. The van der Waals surface area contributed by atoms with Gasteiger partial charge in [0, 0.05) is 13.1 Å². The Balaban J connectivity index is 2.12. The number of likely N-dealkylation sites (tertiary alicyclic amines) is 1. The lowest BCUT2D eigenvalue weighted by atomic mass is 9.96. The molecule has 1 aromatic rings. The van der Waals surface area contributed by atoms with Crippen LogP contribution < -0.4 is 4.31 Å². The zero-order valence-electron chi connectivity index (χ0n) is 16.3. The molecule has 1 saturated heterocycles. The number of ether oxygens (including phenoxy) is 1. The molecule has 2 rings (SSSR count). The highest BCUT2D eigenvalue weighted by atomic mass is 32.2. The third kappa shape index (κ3) is 5.22. The number of piperidine rings is 1. The Morgan fingerprint density at radius 2 is 1.78 bits per heavy atom. The van der Waals surface area contributed by atoms with Crippen LogP contribution in [0.4, 0.5) is 5.69 Å². The van der Waals surface area contributed by atoms with Gasteiger partial charge in [-0.1, -0.05) is 17.7 Å². The molecule has 1 heterocycles. The van der Waals surface area contributed by atoms with Gasteiger partial charge in [-0.05, 0) is 45.7 Å². The number of nitrogens with zero attached hydrogens (tertiary/aromatic N) is 2. The van der Waals surface area contributed by atoms with Crippen LogP contribution in [0.15, 0.2) is 24.3 Å². The quantitative estimate of drug-likeness (QED) is 0.686. The topological polar surface area (TPSA) is 84.0 Å². The van der Waals surface area contributed by atoms with Gasteiger partial charge in [-0.25, -0.2) is 8.42 Å². The van der Waals surface area contributed by atoms with Gasteiger partial charge in [0.25, 0.3) is 0 Å². The van der Waals surface area contributed by atoms with E-state index >= 15 is 0 Å². The van der Waals surface area contributed by atoms with Gasteiger partial charge >= 0.3 is 5.97 Å². The van der Waals surface area contributed by atoms with Gasteiger partial charge in [-0.3, -0.25) is 13.9 Å². The predicted molar refractivity (Wildman–Crippen MR) is 104 cm³/mol. The molecule has 27 heavy (non-hydrogen) atoms.